The van der Waals surface area contributed by atoms with Gasteiger partial charge >= 0.3 is 0 Å². The molecule has 2 aromatic rings. The van der Waals surface area contributed by atoms with Crippen molar-refractivity contribution in [3.63, 3.8) is 0 Å². The number of halogens is 1. The molecule has 5 nitrogen and oxygen atoms in total. The Labute approximate surface area is 140 Å². The van der Waals surface area contributed by atoms with E-state index in [9.17, 15) is 0 Å². The summed E-state index contributed by atoms with van der Waals surface area (Å²) in [6, 6.07) is 9.61. The van der Waals surface area contributed by atoms with Crippen LogP contribution in [0.15, 0.2) is 36.5 Å². The van der Waals surface area contributed by atoms with Crippen LogP contribution in [0.25, 0.3) is 0 Å². The number of benzene rings is 1. The van der Waals surface area contributed by atoms with Crippen molar-refractivity contribution in [3.05, 3.63) is 47.1 Å². The van der Waals surface area contributed by atoms with Crippen molar-refractivity contribution in [2.24, 2.45) is 0 Å². The van der Waals surface area contributed by atoms with Crippen molar-refractivity contribution in [2.75, 3.05) is 25.6 Å². The van der Waals surface area contributed by atoms with Gasteiger partial charge in [0.25, 0.3) is 0 Å². The highest BCUT2D eigenvalue weighted by atomic mass is 35.5. The molecular weight excluding hydrogens is 320 g/mol. The highest BCUT2D eigenvalue weighted by molar-refractivity contribution is 7.80. The number of nitrogens with zero attached hydrogens (tertiary/aromatic N) is 2. The first-order valence-electron chi connectivity index (χ1n) is 6.99. The summed E-state index contributed by atoms with van der Waals surface area (Å²) in [5.74, 6) is 0.721. The average molecular weight is 339 g/mol. The predicted octanol–water partition coefficient (Wildman–Crippen LogP) is 2.91. The lowest BCUT2D eigenvalue weighted by molar-refractivity contribution is 0.196. The summed E-state index contributed by atoms with van der Waals surface area (Å²) in [5, 5.41) is 11.9. The number of rotatable bonds is 7. The van der Waals surface area contributed by atoms with Crippen LogP contribution in [0.2, 0.25) is 5.02 Å². The Balaban J connectivity index is 1.80. The minimum Gasteiger partial charge on any atom is -0.385 e. The molecule has 0 aliphatic rings. The molecule has 0 radical (unpaired) electrons. The van der Waals surface area contributed by atoms with Gasteiger partial charge in [0, 0.05) is 37.5 Å². The minimum absolute atomic E-state index is 0.563. The third-order valence-electron chi connectivity index (χ3n) is 2.95. The fraction of sp³-hybridized carbons (Fsp3) is 0.333. The Morgan fingerprint density at radius 1 is 1.32 bits per heavy atom. The molecule has 0 amide bonds. The fourth-order valence-electron chi connectivity index (χ4n) is 1.87. The molecule has 0 aliphatic carbocycles. The molecule has 0 saturated carbocycles. The van der Waals surface area contributed by atoms with Gasteiger partial charge in [-0.05, 0) is 36.3 Å². The molecule has 0 spiro atoms. The highest BCUT2D eigenvalue weighted by Crippen LogP contribution is 2.11. The first-order chi connectivity index (χ1) is 10.7. The largest absolute Gasteiger partial charge is 0.385 e. The quantitative estimate of drug-likeness (QED) is 0.600. The van der Waals surface area contributed by atoms with E-state index in [4.69, 9.17) is 28.6 Å². The zero-order chi connectivity index (χ0) is 15.8. The third kappa shape index (κ3) is 5.63. The predicted molar refractivity (Wildman–Crippen MR) is 93.5 cm³/mol. The fourth-order valence-corrected chi connectivity index (χ4v) is 2.20. The standard InChI is InChI=1S/C15H19ClN4OS/c1-21-10-2-8-17-15(22)18-14-7-9-20(19-14)11-12-3-5-13(16)6-4-12/h3-7,9H,2,8,10-11H2,1H3,(H2,17,18,19,22). The van der Waals surface area contributed by atoms with E-state index >= 15 is 0 Å². The van der Waals surface area contributed by atoms with Gasteiger partial charge in [0.2, 0.25) is 0 Å². The molecule has 0 atom stereocenters. The smallest absolute Gasteiger partial charge is 0.171 e. The molecule has 0 unspecified atom stereocenters. The van der Waals surface area contributed by atoms with E-state index in [-0.39, 0.29) is 0 Å². The summed E-state index contributed by atoms with van der Waals surface area (Å²) in [6.07, 6.45) is 2.81. The van der Waals surface area contributed by atoms with Crippen molar-refractivity contribution in [1.82, 2.24) is 15.1 Å². The molecule has 7 heteroatoms. The maximum atomic E-state index is 5.88. The van der Waals surface area contributed by atoms with E-state index in [2.05, 4.69) is 15.7 Å². The summed E-state index contributed by atoms with van der Waals surface area (Å²) in [5.41, 5.74) is 1.14. The first-order valence-corrected chi connectivity index (χ1v) is 7.77. The highest BCUT2D eigenvalue weighted by Gasteiger charge is 2.02. The van der Waals surface area contributed by atoms with Crippen molar-refractivity contribution in [1.29, 1.82) is 0 Å². The average Bonchev–Trinajstić information content (AvgIpc) is 2.93. The van der Waals surface area contributed by atoms with E-state index in [1.807, 2.05) is 41.2 Å². The molecule has 22 heavy (non-hydrogen) atoms. The van der Waals surface area contributed by atoms with Gasteiger partial charge in [-0.2, -0.15) is 5.10 Å². The van der Waals surface area contributed by atoms with Crippen LogP contribution in [0.3, 0.4) is 0 Å². The Morgan fingerprint density at radius 2 is 2.09 bits per heavy atom. The van der Waals surface area contributed by atoms with Crippen molar-refractivity contribution >= 4 is 34.7 Å². The van der Waals surface area contributed by atoms with Gasteiger partial charge in [0.1, 0.15) is 0 Å². The van der Waals surface area contributed by atoms with E-state index in [0.29, 0.717) is 18.3 Å². The van der Waals surface area contributed by atoms with Crippen molar-refractivity contribution in [2.45, 2.75) is 13.0 Å². The van der Waals surface area contributed by atoms with Crippen LogP contribution in [0.1, 0.15) is 12.0 Å². The maximum absolute atomic E-state index is 5.88. The summed E-state index contributed by atoms with van der Waals surface area (Å²) < 4.78 is 6.83. The number of methoxy groups -OCH3 is 1. The maximum Gasteiger partial charge on any atom is 0.171 e. The minimum atomic E-state index is 0.563. The van der Waals surface area contributed by atoms with Crippen molar-refractivity contribution in [3.8, 4) is 0 Å². The van der Waals surface area contributed by atoms with Crippen LogP contribution in [0.5, 0.6) is 0 Å². The number of ether oxygens (including phenoxy) is 1. The molecular formula is C15H19ClN4OS. The SMILES string of the molecule is COCCCNC(=S)Nc1ccn(Cc2ccc(Cl)cc2)n1. The van der Waals surface area contributed by atoms with Crippen LogP contribution < -0.4 is 10.6 Å². The summed E-state index contributed by atoms with van der Waals surface area (Å²) in [4.78, 5) is 0. The van der Waals surface area contributed by atoms with Crippen LogP contribution in [0.4, 0.5) is 5.82 Å². The van der Waals surface area contributed by atoms with Gasteiger partial charge in [-0.25, -0.2) is 0 Å². The molecule has 2 rings (SSSR count). The third-order valence-corrected chi connectivity index (χ3v) is 3.45. The second-order valence-electron chi connectivity index (χ2n) is 4.75. The van der Waals surface area contributed by atoms with Gasteiger partial charge in [0.15, 0.2) is 10.9 Å². The first kappa shape index (κ1) is 16.7. The van der Waals surface area contributed by atoms with Gasteiger partial charge < -0.3 is 15.4 Å². The van der Waals surface area contributed by atoms with Crippen LogP contribution in [-0.4, -0.2) is 35.2 Å². The zero-order valence-electron chi connectivity index (χ0n) is 12.4. The Morgan fingerprint density at radius 3 is 2.82 bits per heavy atom. The number of anilines is 1. The molecule has 0 fully saturated rings. The normalized spacial score (nSPS) is 10.5. The molecule has 0 bridgehead atoms. The second-order valence-corrected chi connectivity index (χ2v) is 5.60. The molecule has 1 aromatic heterocycles. The lowest BCUT2D eigenvalue weighted by Gasteiger charge is -2.08. The zero-order valence-corrected chi connectivity index (χ0v) is 14.0. The molecule has 118 valence electrons. The van der Waals surface area contributed by atoms with Gasteiger partial charge in [-0.1, -0.05) is 23.7 Å². The molecule has 1 aromatic carbocycles. The van der Waals surface area contributed by atoms with Gasteiger partial charge in [0.05, 0.1) is 6.54 Å². The Kier molecular flexibility index (Phi) is 6.64. The van der Waals surface area contributed by atoms with E-state index < -0.39 is 0 Å². The monoisotopic (exact) mass is 338 g/mol. The van der Waals surface area contributed by atoms with Gasteiger partial charge in [-0.3, -0.25) is 4.68 Å². The van der Waals surface area contributed by atoms with Crippen LogP contribution in [-0.2, 0) is 11.3 Å². The second kappa shape index (κ2) is 8.73. The van der Waals surface area contributed by atoms with E-state index in [0.717, 1.165) is 29.4 Å². The summed E-state index contributed by atoms with van der Waals surface area (Å²) in [6.45, 7) is 2.17. The van der Waals surface area contributed by atoms with Gasteiger partial charge in [-0.15, -0.1) is 0 Å². The topological polar surface area (TPSA) is 51.1 Å². The van der Waals surface area contributed by atoms with Crippen molar-refractivity contribution < 1.29 is 4.74 Å². The number of hydrogen-bond acceptors (Lipinski definition) is 3. The van der Waals surface area contributed by atoms with Crippen LogP contribution in [0, 0.1) is 0 Å². The van der Waals surface area contributed by atoms with E-state index in [1.54, 1.807) is 7.11 Å². The number of thiocarbonyl (C=S) groups is 1. The Bertz CT molecular complexity index is 600. The molecule has 0 saturated heterocycles. The molecule has 0 aliphatic heterocycles. The lowest BCUT2D eigenvalue weighted by atomic mass is 10.2. The number of nitrogens with one attached hydrogen (secondary N) is 2. The number of hydrogen-bond donors (Lipinski definition) is 2. The van der Waals surface area contributed by atoms with E-state index in [1.165, 1.54) is 0 Å². The summed E-state index contributed by atoms with van der Waals surface area (Å²) in [7, 11) is 1.68. The number of aromatic nitrogens is 2. The van der Waals surface area contributed by atoms with Crippen LogP contribution >= 0.6 is 23.8 Å². The lowest BCUT2D eigenvalue weighted by Crippen LogP contribution is -2.30. The Hall–Kier alpha value is -1.63. The molecule has 2 N–H and O–H groups in total. The summed E-state index contributed by atoms with van der Waals surface area (Å²) >= 11 is 11.1. The molecule has 1 heterocycles.